The van der Waals surface area contributed by atoms with Gasteiger partial charge in [0, 0.05) is 26.2 Å². The molecule has 1 aliphatic heterocycles. The van der Waals surface area contributed by atoms with Crippen molar-refractivity contribution in [3.63, 3.8) is 0 Å². The van der Waals surface area contributed by atoms with Crippen molar-refractivity contribution in [3.05, 3.63) is 0 Å². The van der Waals surface area contributed by atoms with Crippen LogP contribution in [0.5, 0.6) is 0 Å². The van der Waals surface area contributed by atoms with Crippen molar-refractivity contribution in [1.29, 1.82) is 0 Å². The summed E-state index contributed by atoms with van der Waals surface area (Å²) in [5.74, 6) is 0. The second-order valence-corrected chi connectivity index (χ2v) is 4.20. The van der Waals surface area contributed by atoms with E-state index >= 15 is 0 Å². The van der Waals surface area contributed by atoms with Gasteiger partial charge in [-0.3, -0.25) is 4.90 Å². The molecule has 0 aromatic heterocycles. The SMILES string of the molecule is CC1CN(CCC(O)CN)CC(C)O1. The first-order chi connectivity index (χ1) is 6.61. The lowest BCUT2D eigenvalue weighted by atomic mass is 10.2. The average Bonchev–Trinajstić information content (AvgIpc) is 2.12. The molecule has 1 fully saturated rings. The molecule has 0 amide bonds. The molecule has 0 radical (unpaired) electrons. The number of nitrogens with zero attached hydrogens (tertiary/aromatic N) is 1. The Morgan fingerprint density at radius 2 is 2.00 bits per heavy atom. The molecule has 0 spiro atoms. The van der Waals surface area contributed by atoms with Gasteiger partial charge in [-0.1, -0.05) is 0 Å². The normalized spacial score (nSPS) is 31.7. The number of nitrogens with two attached hydrogens (primary N) is 1. The Kier molecular flexibility index (Phi) is 4.81. The molecule has 4 heteroatoms. The van der Waals surface area contributed by atoms with Crippen molar-refractivity contribution in [2.75, 3.05) is 26.2 Å². The van der Waals surface area contributed by atoms with Crippen LogP contribution in [0.3, 0.4) is 0 Å². The molecule has 14 heavy (non-hydrogen) atoms. The van der Waals surface area contributed by atoms with Crippen LogP contribution in [-0.4, -0.2) is 54.5 Å². The highest BCUT2D eigenvalue weighted by molar-refractivity contribution is 4.73. The van der Waals surface area contributed by atoms with Gasteiger partial charge in [0.2, 0.25) is 0 Å². The Hall–Kier alpha value is -0.160. The number of aliphatic hydroxyl groups is 1. The molecule has 3 atom stereocenters. The van der Waals surface area contributed by atoms with Crippen LogP contribution in [0.1, 0.15) is 20.3 Å². The van der Waals surface area contributed by atoms with Crippen LogP contribution in [0, 0.1) is 0 Å². The minimum absolute atomic E-state index is 0.300. The standard InChI is InChI=1S/C10H22N2O2/c1-8-6-12(7-9(2)14-8)4-3-10(13)5-11/h8-10,13H,3-7,11H2,1-2H3. The summed E-state index contributed by atoms with van der Waals surface area (Å²) < 4.78 is 5.62. The van der Waals surface area contributed by atoms with Crippen LogP contribution < -0.4 is 5.73 Å². The Morgan fingerprint density at radius 3 is 2.50 bits per heavy atom. The molecule has 3 unspecified atom stereocenters. The van der Waals surface area contributed by atoms with Crippen LogP contribution in [0.4, 0.5) is 0 Å². The van der Waals surface area contributed by atoms with Gasteiger partial charge in [-0.2, -0.15) is 0 Å². The van der Waals surface area contributed by atoms with E-state index in [1.54, 1.807) is 0 Å². The molecule has 84 valence electrons. The van der Waals surface area contributed by atoms with E-state index in [9.17, 15) is 5.11 Å². The zero-order chi connectivity index (χ0) is 10.6. The van der Waals surface area contributed by atoms with Crippen molar-refractivity contribution in [3.8, 4) is 0 Å². The smallest absolute Gasteiger partial charge is 0.0678 e. The molecule has 0 saturated carbocycles. The lowest BCUT2D eigenvalue weighted by Gasteiger charge is -2.35. The van der Waals surface area contributed by atoms with Gasteiger partial charge < -0.3 is 15.6 Å². The highest BCUT2D eigenvalue weighted by Gasteiger charge is 2.21. The molecule has 1 aliphatic rings. The predicted molar refractivity (Wildman–Crippen MR) is 56.1 cm³/mol. The molecule has 1 heterocycles. The Morgan fingerprint density at radius 1 is 1.43 bits per heavy atom. The summed E-state index contributed by atoms with van der Waals surface area (Å²) in [6.07, 6.45) is 1.00. The Balaban J connectivity index is 2.23. The highest BCUT2D eigenvalue weighted by Crippen LogP contribution is 2.11. The van der Waals surface area contributed by atoms with E-state index in [1.165, 1.54) is 0 Å². The average molecular weight is 202 g/mol. The van der Waals surface area contributed by atoms with Crippen molar-refractivity contribution in [2.24, 2.45) is 5.73 Å². The minimum atomic E-state index is -0.358. The molecule has 1 rings (SSSR count). The summed E-state index contributed by atoms with van der Waals surface area (Å²) >= 11 is 0. The maximum absolute atomic E-state index is 9.34. The second-order valence-electron chi connectivity index (χ2n) is 4.20. The van der Waals surface area contributed by atoms with Crippen LogP contribution in [-0.2, 0) is 4.74 Å². The molecule has 0 aromatic carbocycles. The maximum Gasteiger partial charge on any atom is 0.0678 e. The van der Waals surface area contributed by atoms with Gasteiger partial charge in [0.15, 0.2) is 0 Å². The van der Waals surface area contributed by atoms with E-state index < -0.39 is 0 Å². The molecule has 1 saturated heterocycles. The molecule has 0 bridgehead atoms. The van der Waals surface area contributed by atoms with Gasteiger partial charge in [0.05, 0.1) is 18.3 Å². The van der Waals surface area contributed by atoms with Crippen molar-refractivity contribution < 1.29 is 9.84 Å². The summed E-state index contributed by atoms with van der Waals surface area (Å²) in [4.78, 5) is 2.33. The van der Waals surface area contributed by atoms with E-state index in [2.05, 4.69) is 18.7 Å². The number of hydrogen-bond acceptors (Lipinski definition) is 4. The topological polar surface area (TPSA) is 58.7 Å². The molecule has 4 nitrogen and oxygen atoms in total. The van der Waals surface area contributed by atoms with Crippen LogP contribution in [0.15, 0.2) is 0 Å². The number of hydrogen-bond donors (Lipinski definition) is 2. The maximum atomic E-state index is 9.34. The van der Waals surface area contributed by atoms with Gasteiger partial charge in [-0.15, -0.1) is 0 Å². The molecule has 0 aliphatic carbocycles. The summed E-state index contributed by atoms with van der Waals surface area (Å²) in [5, 5.41) is 9.34. The fourth-order valence-corrected chi connectivity index (χ4v) is 1.92. The van der Waals surface area contributed by atoms with Gasteiger partial charge in [0.1, 0.15) is 0 Å². The van der Waals surface area contributed by atoms with Crippen molar-refractivity contribution in [1.82, 2.24) is 4.90 Å². The minimum Gasteiger partial charge on any atom is -0.392 e. The van der Waals surface area contributed by atoms with Crippen molar-refractivity contribution in [2.45, 2.75) is 38.6 Å². The first-order valence-electron chi connectivity index (χ1n) is 5.37. The summed E-state index contributed by atoms with van der Waals surface area (Å²) in [5.41, 5.74) is 5.35. The fourth-order valence-electron chi connectivity index (χ4n) is 1.92. The first-order valence-corrected chi connectivity index (χ1v) is 5.37. The number of aliphatic hydroxyl groups excluding tert-OH is 1. The van der Waals surface area contributed by atoms with E-state index in [4.69, 9.17) is 10.5 Å². The third-order valence-corrected chi connectivity index (χ3v) is 2.55. The predicted octanol–water partition coefficient (Wildman–Crippen LogP) is -0.195. The Labute approximate surface area is 86.0 Å². The van der Waals surface area contributed by atoms with E-state index in [-0.39, 0.29) is 6.10 Å². The third kappa shape index (κ3) is 3.92. The van der Waals surface area contributed by atoms with E-state index in [0.29, 0.717) is 18.8 Å². The number of morpholine rings is 1. The zero-order valence-corrected chi connectivity index (χ0v) is 9.15. The highest BCUT2D eigenvalue weighted by atomic mass is 16.5. The number of rotatable bonds is 4. The largest absolute Gasteiger partial charge is 0.392 e. The monoisotopic (exact) mass is 202 g/mol. The van der Waals surface area contributed by atoms with Gasteiger partial charge in [-0.25, -0.2) is 0 Å². The Bertz CT molecular complexity index is 156. The van der Waals surface area contributed by atoms with Gasteiger partial charge >= 0.3 is 0 Å². The first kappa shape index (κ1) is 11.9. The molecular formula is C10H22N2O2. The third-order valence-electron chi connectivity index (χ3n) is 2.55. The van der Waals surface area contributed by atoms with Gasteiger partial charge in [-0.05, 0) is 20.3 Å². The van der Waals surface area contributed by atoms with E-state index in [0.717, 1.165) is 26.1 Å². The van der Waals surface area contributed by atoms with E-state index in [1.807, 2.05) is 0 Å². The van der Waals surface area contributed by atoms with Crippen LogP contribution in [0.25, 0.3) is 0 Å². The quantitative estimate of drug-likeness (QED) is 0.663. The zero-order valence-electron chi connectivity index (χ0n) is 9.15. The van der Waals surface area contributed by atoms with Gasteiger partial charge in [0.25, 0.3) is 0 Å². The van der Waals surface area contributed by atoms with Crippen LogP contribution >= 0.6 is 0 Å². The lowest BCUT2D eigenvalue weighted by molar-refractivity contribution is -0.0700. The lowest BCUT2D eigenvalue weighted by Crippen LogP contribution is -2.46. The molecular weight excluding hydrogens is 180 g/mol. The summed E-state index contributed by atoms with van der Waals surface area (Å²) in [6, 6.07) is 0. The molecule has 3 N–H and O–H groups in total. The summed E-state index contributed by atoms with van der Waals surface area (Å²) in [6.45, 7) is 7.36. The van der Waals surface area contributed by atoms with Crippen molar-refractivity contribution >= 4 is 0 Å². The second kappa shape index (κ2) is 5.66. The summed E-state index contributed by atoms with van der Waals surface area (Å²) in [7, 11) is 0. The number of ether oxygens (including phenoxy) is 1. The fraction of sp³-hybridized carbons (Fsp3) is 1.00. The van der Waals surface area contributed by atoms with Crippen LogP contribution in [0.2, 0.25) is 0 Å². The molecule has 0 aromatic rings.